The van der Waals surface area contributed by atoms with Gasteiger partial charge in [-0.1, -0.05) is 41.4 Å². The smallest absolute Gasteiger partial charge is 0.343 e. The zero-order valence-electron chi connectivity index (χ0n) is 15.5. The van der Waals surface area contributed by atoms with E-state index in [9.17, 15) is 9.59 Å². The number of carbonyl (C=O) groups excluding carboxylic acids is 2. The van der Waals surface area contributed by atoms with E-state index in [1.807, 2.05) is 0 Å². The normalized spacial score (nSPS) is 10.6. The molecule has 30 heavy (non-hydrogen) atoms. The molecule has 0 fully saturated rings. The summed E-state index contributed by atoms with van der Waals surface area (Å²) >= 11 is 11.8. The van der Waals surface area contributed by atoms with Gasteiger partial charge in [0.25, 0.3) is 5.91 Å². The molecular formula is C22H16Cl2N2O4. The van der Waals surface area contributed by atoms with Crippen LogP contribution < -0.4 is 14.9 Å². The van der Waals surface area contributed by atoms with Crippen molar-refractivity contribution < 1.29 is 19.1 Å². The maximum Gasteiger partial charge on any atom is 0.343 e. The zero-order valence-corrected chi connectivity index (χ0v) is 17.1. The van der Waals surface area contributed by atoms with Gasteiger partial charge in [0.1, 0.15) is 11.5 Å². The third-order valence-electron chi connectivity index (χ3n) is 3.75. The van der Waals surface area contributed by atoms with Crippen LogP contribution in [0.3, 0.4) is 0 Å². The molecule has 152 valence electrons. The zero-order chi connectivity index (χ0) is 21.3. The molecule has 0 saturated carbocycles. The molecule has 0 saturated heterocycles. The number of carbonyl (C=O) groups is 2. The number of nitrogens with zero attached hydrogens (tertiary/aromatic N) is 1. The standard InChI is InChI=1S/C22H16Cl2N2O4/c23-17-5-3-4-16(12-17)22(28)30-18-10-8-15(9-11-18)13-25-26-21(27)14-29-20-7-2-1-6-19(20)24/h1-13H,14H2,(H,26,27). The SMILES string of the molecule is O=C(COc1ccccc1Cl)NN=Cc1ccc(OC(=O)c2cccc(Cl)c2)cc1. The maximum atomic E-state index is 12.1. The molecule has 1 amide bonds. The van der Waals surface area contributed by atoms with Crippen LogP contribution in [0.25, 0.3) is 0 Å². The van der Waals surface area contributed by atoms with Gasteiger partial charge in [0.15, 0.2) is 6.61 Å². The summed E-state index contributed by atoms with van der Waals surface area (Å²) in [5, 5.41) is 4.74. The lowest BCUT2D eigenvalue weighted by atomic mass is 10.2. The van der Waals surface area contributed by atoms with Gasteiger partial charge in [-0.3, -0.25) is 4.79 Å². The van der Waals surface area contributed by atoms with Crippen molar-refractivity contribution in [3.05, 3.63) is 94.0 Å². The second-order valence-corrected chi connectivity index (χ2v) is 6.82. The largest absolute Gasteiger partial charge is 0.482 e. The fraction of sp³-hybridized carbons (Fsp3) is 0.0455. The molecule has 0 unspecified atom stereocenters. The van der Waals surface area contributed by atoms with E-state index < -0.39 is 11.9 Å². The van der Waals surface area contributed by atoms with Crippen LogP contribution in [-0.4, -0.2) is 24.7 Å². The molecule has 0 atom stereocenters. The van der Waals surface area contributed by atoms with Crippen LogP contribution in [0.2, 0.25) is 10.0 Å². The number of ether oxygens (including phenoxy) is 2. The summed E-state index contributed by atoms with van der Waals surface area (Å²) in [7, 11) is 0. The highest BCUT2D eigenvalue weighted by Gasteiger charge is 2.09. The third-order valence-corrected chi connectivity index (χ3v) is 4.30. The summed E-state index contributed by atoms with van der Waals surface area (Å²) in [5.41, 5.74) is 3.41. The Hall–Kier alpha value is -3.35. The molecule has 0 aliphatic rings. The minimum absolute atomic E-state index is 0.223. The highest BCUT2D eigenvalue weighted by Crippen LogP contribution is 2.22. The fourth-order valence-electron chi connectivity index (χ4n) is 2.32. The van der Waals surface area contributed by atoms with Crippen LogP contribution in [0.5, 0.6) is 11.5 Å². The Kier molecular flexibility index (Phi) is 7.43. The van der Waals surface area contributed by atoms with Gasteiger partial charge in [-0.2, -0.15) is 5.10 Å². The molecule has 0 spiro atoms. The summed E-state index contributed by atoms with van der Waals surface area (Å²) in [6.07, 6.45) is 1.45. The first-order chi connectivity index (χ1) is 14.5. The van der Waals surface area contributed by atoms with Gasteiger partial charge in [0.05, 0.1) is 16.8 Å². The minimum atomic E-state index is -0.510. The van der Waals surface area contributed by atoms with Gasteiger partial charge in [0, 0.05) is 5.02 Å². The topological polar surface area (TPSA) is 77.0 Å². The number of esters is 1. The lowest BCUT2D eigenvalue weighted by Gasteiger charge is -2.06. The number of hydrogen-bond acceptors (Lipinski definition) is 5. The summed E-state index contributed by atoms with van der Waals surface area (Å²) in [6, 6.07) is 20.0. The maximum absolute atomic E-state index is 12.1. The van der Waals surface area contributed by atoms with Gasteiger partial charge in [-0.25, -0.2) is 10.2 Å². The molecule has 0 aromatic heterocycles. The second kappa shape index (κ2) is 10.4. The van der Waals surface area contributed by atoms with Gasteiger partial charge in [-0.15, -0.1) is 0 Å². The molecule has 0 aliphatic heterocycles. The van der Waals surface area contributed by atoms with Crippen LogP contribution in [0.15, 0.2) is 77.9 Å². The van der Waals surface area contributed by atoms with Crippen molar-refractivity contribution in [1.82, 2.24) is 5.43 Å². The highest BCUT2D eigenvalue weighted by molar-refractivity contribution is 6.32. The summed E-state index contributed by atoms with van der Waals surface area (Å²) < 4.78 is 10.6. The molecule has 0 heterocycles. The quantitative estimate of drug-likeness (QED) is 0.248. The first kappa shape index (κ1) is 21.4. The van der Waals surface area contributed by atoms with E-state index in [1.54, 1.807) is 66.7 Å². The van der Waals surface area contributed by atoms with Gasteiger partial charge in [0.2, 0.25) is 0 Å². The van der Waals surface area contributed by atoms with Crippen LogP contribution in [0.1, 0.15) is 15.9 Å². The Morgan fingerprint density at radius 3 is 2.47 bits per heavy atom. The lowest BCUT2D eigenvalue weighted by Crippen LogP contribution is -2.24. The molecule has 8 heteroatoms. The van der Waals surface area contributed by atoms with E-state index >= 15 is 0 Å². The molecule has 0 radical (unpaired) electrons. The molecular weight excluding hydrogens is 427 g/mol. The monoisotopic (exact) mass is 442 g/mol. The Labute approximate surface area is 183 Å². The van der Waals surface area contributed by atoms with E-state index in [4.69, 9.17) is 32.7 Å². The van der Waals surface area contributed by atoms with Crippen molar-refractivity contribution in [3.63, 3.8) is 0 Å². The molecule has 0 bridgehead atoms. The predicted octanol–water partition coefficient (Wildman–Crippen LogP) is 4.74. The van der Waals surface area contributed by atoms with Crippen LogP contribution in [0, 0.1) is 0 Å². The Balaban J connectivity index is 1.48. The van der Waals surface area contributed by atoms with Crippen molar-refractivity contribution in [2.24, 2.45) is 5.10 Å². The molecule has 1 N–H and O–H groups in total. The number of hydrogen-bond donors (Lipinski definition) is 1. The van der Waals surface area contributed by atoms with Crippen molar-refractivity contribution in [3.8, 4) is 11.5 Å². The molecule has 3 rings (SSSR count). The van der Waals surface area contributed by atoms with E-state index in [1.165, 1.54) is 12.3 Å². The van der Waals surface area contributed by atoms with Gasteiger partial charge < -0.3 is 9.47 Å². The number of benzene rings is 3. The Bertz CT molecular complexity index is 1070. The summed E-state index contributed by atoms with van der Waals surface area (Å²) in [5.74, 6) is -0.154. The van der Waals surface area contributed by atoms with E-state index in [2.05, 4.69) is 10.5 Å². The second-order valence-electron chi connectivity index (χ2n) is 5.98. The molecule has 3 aromatic carbocycles. The molecule has 6 nitrogen and oxygen atoms in total. The van der Waals surface area contributed by atoms with Crippen LogP contribution >= 0.6 is 23.2 Å². The van der Waals surface area contributed by atoms with Gasteiger partial charge in [-0.05, 0) is 60.2 Å². The van der Waals surface area contributed by atoms with Crippen molar-refractivity contribution in [2.75, 3.05) is 6.61 Å². The molecule has 3 aromatic rings. The average Bonchev–Trinajstić information content (AvgIpc) is 2.74. The highest BCUT2D eigenvalue weighted by atomic mass is 35.5. The van der Waals surface area contributed by atoms with Crippen molar-refractivity contribution in [2.45, 2.75) is 0 Å². The fourth-order valence-corrected chi connectivity index (χ4v) is 2.70. The van der Waals surface area contributed by atoms with Crippen molar-refractivity contribution in [1.29, 1.82) is 0 Å². The number of rotatable bonds is 7. The van der Waals surface area contributed by atoms with Crippen LogP contribution in [0.4, 0.5) is 0 Å². The first-order valence-corrected chi connectivity index (χ1v) is 9.54. The predicted molar refractivity (Wildman–Crippen MR) is 116 cm³/mol. The van der Waals surface area contributed by atoms with E-state index in [-0.39, 0.29) is 6.61 Å². The van der Waals surface area contributed by atoms with Gasteiger partial charge >= 0.3 is 5.97 Å². The third kappa shape index (κ3) is 6.34. The number of nitrogens with one attached hydrogen (secondary N) is 1. The number of amides is 1. The first-order valence-electron chi connectivity index (χ1n) is 8.78. The van der Waals surface area contributed by atoms with E-state index in [0.29, 0.717) is 32.7 Å². The summed E-state index contributed by atoms with van der Waals surface area (Å²) in [4.78, 5) is 23.9. The number of hydrazone groups is 1. The Morgan fingerprint density at radius 2 is 1.73 bits per heavy atom. The lowest BCUT2D eigenvalue weighted by molar-refractivity contribution is -0.123. The number of halogens is 2. The van der Waals surface area contributed by atoms with E-state index in [0.717, 1.165) is 0 Å². The van der Waals surface area contributed by atoms with Crippen molar-refractivity contribution >= 4 is 41.3 Å². The Morgan fingerprint density at radius 1 is 0.967 bits per heavy atom. The number of para-hydroxylation sites is 1. The average molecular weight is 443 g/mol. The molecule has 0 aliphatic carbocycles. The summed E-state index contributed by atoms with van der Waals surface area (Å²) in [6.45, 7) is -0.223. The van der Waals surface area contributed by atoms with Crippen LogP contribution in [-0.2, 0) is 4.79 Å². The minimum Gasteiger partial charge on any atom is -0.482 e.